The van der Waals surface area contributed by atoms with E-state index in [0.717, 1.165) is 0 Å². The number of hydrogen-bond donors (Lipinski definition) is 2. The highest BCUT2D eigenvalue weighted by atomic mass is 35.5. The quantitative estimate of drug-likeness (QED) is 0.879. The number of nitrogens with two attached hydrogens (primary N) is 1. The van der Waals surface area contributed by atoms with Crippen molar-refractivity contribution in [3.63, 3.8) is 0 Å². The molecule has 0 aliphatic rings. The number of anilines is 1. The fraction of sp³-hybridized carbons (Fsp3) is 0.133. The van der Waals surface area contributed by atoms with Crippen molar-refractivity contribution < 1.29 is 14.4 Å². The maximum absolute atomic E-state index is 13.8. The molecule has 0 aromatic heterocycles. The molecule has 0 unspecified atom stereocenters. The monoisotopic (exact) mass is 322 g/mol. The zero-order chi connectivity index (χ0) is 16.3. The van der Waals surface area contributed by atoms with Crippen LogP contribution in [0.1, 0.15) is 15.9 Å². The molecule has 3 N–H and O–H groups in total. The summed E-state index contributed by atoms with van der Waals surface area (Å²) in [6.07, 6.45) is 0. The van der Waals surface area contributed by atoms with Gasteiger partial charge in [0.15, 0.2) is 0 Å². The Morgan fingerprint density at radius 1 is 1.36 bits per heavy atom. The summed E-state index contributed by atoms with van der Waals surface area (Å²) < 4.78 is 13.8. The van der Waals surface area contributed by atoms with Crippen LogP contribution in [0.5, 0.6) is 0 Å². The molecule has 0 fully saturated rings. The molecule has 0 radical (unpaired) electrons. The van der Waals surface area contributed by atoms with Crippen LogP contribution in [-0.4, -0.2) is 13.0 Å². The first-order valence-corrected chi connectivity index (χ1v) is 6.78. The number of halogens is 2. The van der Waals surface area contributed by atoms with E-state index in [4.69, 9.17) is 17.3 Å². The number of amides is 1. The van der Waals surface area contributed by atoms with Crippen molar-refractivity contribution >= 4 is 28.9 Å². The van der Waals surface area contributed by atoms with Gasteiger partial charge in [0, 0.05) is 45.9 Å². The number of rotatable bonds is 5. The molecule has 2 aromatic rings. The van der Waals surface area contributed by atoms with Crippen molar-refractivity contribution in [3.8, 4) is 0 Å². The maximum Gasteiger partial charge on any atom is 0.277 e. The van der Waals surface area contributed by atoms with Crippen LogP contribution in [0.3, 0.4) is 0 Å². The van der Waals surface area contributed by atoms with Crippen molar-refractivity contribution in [2.75, 3.05) is 11.9 Å². The lowest BCUT2D eigenvalue weighted by Crippen LogP contribution is -2.56. The van der Waals surface area contributed by atoms with E-state index in [1.165, 1.54) is 24.3 Å². The smallest absolute Gasteiger partial charge is 0.277 e. The lowest BCUT2D eigenvalue weighted by molar-refractivity contribution is -0.378. The standard InChI is InChI=1S/C15H13ClFN3O2/c1-20(8-10-11(16)3-2-4-12(10)17)14-6-5-9(15(18)21)7-13(14)19-22/h2-7H,8H2,1H3,(H2,18,21)/p+1. The van der Waals surface area contributed by atoms with E-state index in [1.807, 2.05) is 0 Å². The third-order valence-corrected chi connectivity index (χ3v) is 3.61. The van der Waals surface area contributed by atoms with E-state index in [1.54, 1.807) is 29.3 Å². The molecule has 0 spiro atoms. The lowest BCUT2D eigenvalue weighted by Gasteiger charge is -2.19. The van der Waals surface area contributed by atoms with Gasteiger partial charge in [0.05, 0.1) is 0 Å². The molecule has 22 heavy (non-hydrogen) atoms. The Balaban J connectivity index is 2.35. The molecule has 1 amide bonds. The highest BCUT2D eigenvalue weighted by molar-refractivity contribution is 6.31. The summed E-state index contributed by atoms with van der Waals surface area (Å²) in [4.78, 5) is 23.9. The second kappa shape index (κ2) is 6.53. The Kier molecular flexibility index (Phi) is 4.72. The number of primary amides is 1. The summed E-state index contributed by atoms with van der Waals surface area (Å²) in [5, 5.41) is 2.06. The van der Waals surface area contributed by atoms with Crippen LogP contribution in [-0.2, 0) is 6.54 Å². The van der Waals surface area contributed by atoms with Crippen LogP contribution in [0.4, 0.5) is 15.8 Å². The van der Waals surface area contributed by atoms with Crippen molar-refractivity contribution in [2.45, 2.75) is 6.54 Å². The Labute approximate surface area is 131 Å². The number of nitroso groups, excluding NO2 is 1. The maximum atomic E-state index is 13.8. The van der Waals surface area contributed by atoms with Gasteiger partial charge in [0.25, 0.3) is 5.69 Å². The van der Waals surface area contributed by atoms with E-state index < -0.39 is 11.7 Å². The average molecular weight is 323 g/mol. The van der Waals surface area contributed by atoms with Crippen LogP contribution in [0.15, 0.2) is 36.4 Å². The van der Waals surface area contributed by atoms with E-state index in [-0.39, 0.29) is 17.8 Å². The van der Waals surface area contributed by atoms with Gasteiger partial charge in [-0.3, -0.25) is 4.79 Å². The van der Waals surface area contributed by atoms with Gasteiger partial charge in [-0.2, -0.15) is 0 Å². The fourth-order valence-corrected chi connectivity index (χ4v) is 2.33. The predicted molar refractivity (Wildman–Crippen MR) is 82.5 cm³/mol. The second-order valence-electron chi connectivity index (χ2n) is 4.75. The third-order valence-electron chi connectivity index (χ3n) is 3.26. The Bertz CT molecular complexity index is 716. The van der Waals surface area contributed by atoms with Crippen molar-refractivity contribution in [3.05, 3.63) is 63.3 Å². The van der Waals surface area contributed by atoms with E-state index in [2.05, 4.69) is 0 Å². The summed E-state index contributed by atoms with van der Waals surface area (Å²) in [6, 6.07) is 8.85. The molecule has 0 saturated carbocycles. The predicted octanol–water partition coefficient (Wildman–Crippen LogP) is 1.69. The minimum Gasteiger partial charge on any atom is -0.366 e. The topological polar surface area (TPSA) is 77.4 Å². The summed E-state index contributed by atoms with van der Waals surface area (Å²) in [7, 11) is 1.68. The third kappa shape index (κ3) is 3.23. The minimum absolute atomic E-state index is 0.163. The normalized spacial score (nSPS) is 10.3. The molecule has 114 valence electrons. The highest BCUT2D eigenvalue weighted by Crippen LogP contribution is 2.26. The molecule has 7 heteroatoms. The summed E-state index contributed by atoms with van der Waals surface area (Å²) >= 11 is 6.00. The van der Waals surface area contributed by atoms with Crippen LogP contribution in [0, 0.1) is 10.7 Å². The van der Waals surface area contributed by atoms with Gasteiger partial charge in [-0.25, -0.2) is 4.39 Å². The van der Waals surface area contributed by atoms with Crippen LogP contribution < -0.4 is 15.8 Å². The zero-order valence-electron chi connectivity index (χ0n) is 11.8. The summed E-state index contributed by atoms with van der Waals surface area (Å²) in [5.41, 5.74) is 6.38. The molecule has 2 aromatic carbocycles. The average Bonchev–Trinajstić information content (AvgIpc) is 2.50. The number of hydrogen-bond acceptors (Lipinski definition) is 3. The fourth-order valence-electron chi connectivity index (χ4n) is 2.11. The first kappa shape index (κ1) is 15.9. The van der Waals surface area contributed by atoms with Crippen LogP contribution >= 0.6 is 11.6 Å². The molecule has 0 aliphatic heterocycles. The molecule has 0 bridgehead atoms. The molecule has 0 atom stereocenters. The van der Waals surface area contributed by atoms with Gasteiger partial charge in [-0.15, -0.1) is 0 Å². The first-order chi connectivity index (χ1) is 10.4. The van der Waals surface area contributed by atoms with E-state index in [9.17, 15) is 14.1 Å². The van der Waals surface area contributed by atoms with Crippen molar-refractivity contribution in [1.82, 2.24) is 0 Å². The lowest BCUT2D eigenvalue weighted by atomic mass is 10.1. The Morgan fingerprint density at radius 3 is 2.68 bits per heavy atom. The number of nitrogens with one attached hydrogen (secondary N) is 1. The van der Waals surface area contributed by atoms with Crippen LogP contribution in [0.25, 0.3) is 0 Å². The molecule has 2 rings (SSSR count). The zero-order valence-corrected chi connectivity index (χ0v) is 12.5. The molecule has 0 aliphatic carbocycles. The van der Waals surface area contributed by atoms with Crippen molar-refractivity contribution in [1.29, 1.82) is 0 Å². The summed E-state index contributed by atoms with van der Waals surface area (Å²) in [5.74, 6) is -1.06. The number of nitrogens with zero attached hydrogens (tertiary/aromatic N) is 1. The molecule has 5 nitrogen and oxygen atoms in total. The first-order valence-electron chi connectivity index (χ1n) is 6.40. The molecular weight excluding hydrogens is 309 g/mol. The Hall–Kier alpha value is -2.47. The van der Waals surface area contributed by atoms with Crippen molar-refractivity contribution in [2.24, 2.45) is 5.73 Å². The van der Waals surface area contributed by atoms with Gasteiger partial charge in [-0.1, -0.05) is 17.7 Å². The van der Waals surface area contributed by atoms with Gasteiger partial charge in [0.2, 0.25) is 5.91 Å². The SMILES string of the molecule is CN(Cc1c(F)cccc1Cl)c1ccc(C(N)=O)cc1[NH+]=O. The number of carbonyl (C=O) groups is 1. The van der Waals surface area contributed by atoms with Gasteiger partial charge in [0.1, 0.15) is 11.5 Å². The van der Waals surface area contributed by atoms with E-state index >= 15 is 0 Å². The van der Waals surface area contributed by atoms with Gasteiger partial charge < -0.3 is 10.6 Å². The van der Waals surface area contributed by atoms with Gasteiger partial charge >= 0.3 is 0 Å². The largest absolute Gasteiger partial charge is 0.366 e. The minimum atomic E-state index is -0.636. The number of benzene rings is 2. The second-order valence-corrected chi connectivity index (χ2v) is 5.16. The molecular formula is C15H14ClFN3O2+. The molecule has 0 heterocycles. The molecule has 0 saturated heterocycles. The number of carbonyl (C=O) groups excluding carboxylic acids is 1. The Morgan fingerprint density at radius 2 is 2.09 bits per heavy atom. The van der Waals surface area contributed by atoms with E-state index in [0.29, 0.717) is 16.3 Å². The highest BCUT2D eigenvalue weighted by Gasteiger charge is 2.18. The van der Waals surface area contributed by atoms with Gasteiger partial charge in [-0.05, 0) is 24.3 Å². The van der Waals surface area contributed by atoms with Crippen LogP contribution in [0.2, 0.25) is 5.02 Å². The summed E-state index contributed by atoms with van der Waals surface area (Å²) in [6.45, 7) is 0.163.